The number of hydrogen-bond acceptors (Lipinski definition) is 7. The van der Waals surface area contributed by atoms with Gasteiger partial charge in [0.1, 0.15) is 11.4 Å². The molecular weight excluding hydrogens is 422 g/mol. The van der Waals surface area contributed by atoms with Crippen LogP contribution < -0.4 is 19.1 Å². The van der Waals surface area contributed by atoms with E-state index in [4.69, 9.17) is 26.4 Å². The van der Waals surface area contributed by atoms with Crippen molar-refractivity contribution in [3.63, 3.8) is 0 Å². The average molecular weight is 443 g/mol. The molecule has 1 aliphatic rings. The lowest BCUT2D eigenvalue weighted by molar-refractivity contribution is -0.385. The molecule has 0 spiro atoms. The minimum Gasteiger partial charge on any atom is -0.494 e. The molecular formula is C21H21N3O6S. The van der Waals surface area contributed by atoms with Crippen LogP contribution in [-0.2, 0) is 4.79 Å². The van der Waals surface area contributed by atoms with E-state index in [1.807, 2.05) is 6.92 Å². The second kappa shape index (κ2) is 9.00. The summed E-state index contributed by atoms with van der Waals surface area (Å²) in [4.78, 5) is 27.1. The fraction of sp³-hybridized carbons (Fsp3) is 0.238. The number of benzene rings is 2. The first kappa shape index (κ1) is 22.0. The van der Waals surface area contributed by atoms with E-state index in [1.54, 1.807) is 31.3 Å². The van der Waals surface area contributed by atoms with Crippen molar-refractivity contribution >= 4 is 40.7 Å². The SMILES string of the molecule is CCOc1ccc(N2C(=O)/C(=C/c3cc(OC)c(OC)cc3[N+](=O)[O-])N(C)C2=S)cc1. The van der Waals surface area contributed by atoms with E-state index < -0.39 is 10.8 Å². The van der Waals surface area contributed by atoms with Crippen LogP contribution in [0.3, 0.4) is 0 Å². The second-order valence-corrected chi connectivity index (χ2v) is 6.83. The highest BCUT2D eigenvalue weighted by Crippen LogP contribution is 2.37. The number of carbonyl (C=O) groups excluding carboxylic acids is 1. The summed E-state index contributed by atoms with van der Waals surface area (Å²) in [6, 6.07) is 9.65. The maximum Gasteiger partial charge on any atom is 0.281 e. The molecule has 0 N–H and O–H groups in total. The molecule has 0 atom stereocenters. The summed E-state index contributed by atoms with van der Waals surface area (Å²) in [5.74, 6) is 0.794. The van der Waals surface area contributed by atoms with Crippen LogP contribution in [0.15, 0.2) is 42.1 Å². The highest BCUT2D eigenvalue weighted by atomic mass is 32.1. The molecule has 1 aliphatic heterocycles. The largest absolute Gasteiger partial charge is 0.494 e. The van der Waals surface area contributed by atoms with E-state index in [2.05, 4.69) is 0 Å². The Labute approximate surface area is 184 Å². The zero-order valence-electron chi connectivity index (χ0n) is 17.4. The van der Waals surface area contributed by atoms with E-state index in [-0.39, 0.29) is 27.8 Å². The molecule has 1 amide bonds. The number of rotatable bonds is 7. The molecule has 31 heavy (non-hydrogen) atoms. The third-order valence-corrected chi connectivity index (χ3v) is 5.15. The zero-order valence-corrected chi connectivity index (χ0v) is 18.3. The van der Waals surface area contributed by atoms with Crippen LogP contribution in [0.2, 0.25) is 0 Å². The Kier molecular flexibility index (Phi) is 6.40. The van der Waals surface area contributed by atoms with Crippen molar-refractivity contribution in [3.05, 3.63) is 57.8 Å². The summed E-state index contributed by atoms with van der Waals surface area (Å²) < 4.78 is 15.8. The van der Waals surface area contributed by atoms with Gasteiger partial charge in [0.2, 0.25) is 0 Å². The van der Waals surface area contributed by atoms with Crippen molar-refractivity contribution in [1.82, 2.24) is 4.90 Å². The van der Waals surface area contributed by atoms with E-state index in [1.165, 1.54) is 42.2 Å². The molecule has 1 heterocycles. The number of thiocarbonyl (C=S) groups is 1. The Balaban J connectivity index is 2.04. The van der Waals surface area contributed by atoms with Crippen molar-refractivity contribution in [2.24, 2.45) is 0 Å². The quantitative estimate of drug-likeness (QED) is 0.277. The van der Waals surface area contributed by atoms with Gasteiger partial charge in [0.15, 0.2) is 16.6 Å². The van der Waals surface area contributed by atoms with Crippen LogP contribution in [-0.4, -0.2) is 48.7 Å². The van der Waals surface area contributed by atoms with E-state index in [0.717, 1.165) is 0 Å². The lowest BCUT2D eigenvalue weighted by Gasteiger charge is -2.16. The summed E-state index contributed by atoms with van der Waals surface area (Å²) in [6.45, 7) is 2.41. The van der Waals surface area contributed by atoms with Crippen molar-refractivity contribution in [1.29, 1.82) is 0 Å². The third-order valence-electron chi connectivity index (χ3n) is 4.69. The van der Waals surface area contributed by atoms with Crippen LogP contribution in [0.1, 0.15) is 12.5 Å². The number of nitro benzene ring substituents is 1. The molecule has 3 rings (SSSR count). The summed E-state index contributed by atoms with van der Waals surface area (Å²) in [5.41, 5.74) is 0.718. The van der Waals surface area contributed by atoms with E-state index in [0.29, 0.717) is 23.8 Å². The number of likely N-dealkylation sites (N-methyl/N-ethyl adjacent to an activating group) is 1. The van der Waals surface area contributed by atoms with Gasteiger partial charge in [0.05, 0.1) is 43.1 Å². The summed E-state index contributed by atoms with van der Waals surface area (Å²) in [6.07, 6.45) is 1.42. The lowest BCUT2D eigenvalue weighted by atomic mass is 10.1. The molecule has 0 aromatic heterocycles. The van der Waals surface area contributed by atoms with E-state index in [9.17, 15) is 14.9 Å². The van der Waals surface area contributed by atoms with E-state index >= 15 is 0 Å². The molecule has 2 aromatic rings. The maximum absolute atomic E-state index is 13.2. The maximum atomic E-state index is 13.2. The van der Waals surface area contributed by atoms with Gasteiger partial charge in [-0.1, -0.05) is 0 Å². The molecule has 10 heteroatoms. The Hall–Kier alpha value is -3.66. The molecule has 0 saturated carbocycles. The molecule has 1 fully saturated rings. The first-order valence-electron chi connectivity index (χ1n) is 9.29. The highest BCUT2D eigenvalue weighted by molar-refractivity contribution is 7.80. The fourth-order valence-electron chi connectivity index (χ4n) is 3.15. The number of anilines is 1. The second-order valence-electron chi connectivity index (χ2n) is 6.46. The number of hydrogen-bond donors (Lipinski definition) is 0. The lowest BCUT2D eigenvalue weighted by Crippen LogP contribution is -2.31. The standard InChI is InChI=1S/C21H21N3O6S/c1-5-30-15-8-6-14(7-9-15)23-20(25)17(22(2)21(23)31)10-13-11-18(28-3)19(29-4)12-16(13)24(26)27/h6-12H,5H2,1-4H3/b17-10-. The van der Waals surface area contributed by atoms with Gasteiger partial charge in [-0.3, -0.25) is 19.8 Å². The number of nitro groups is 1. The molecule has 0 aliphatic carbocycles. The average Bonchev–Trinajstić information content (AvgIpc) is 2.97. The Morgan fingerprint density at radius 2 is 1.74 bits per heavy atom. The monoisotopic (exact) mass is 443 g/mol. The number of methoxy groups -OCH3 is 2. The summed E-state index contributed by atoms with van der Waals surface area (Å²) in [5, 5.41) is 11.8. The minimum atomic E-state index is -0.545. The zero-order chi connectivity index (χ0) is 22.7. The first-order chi connectivity index (χ1) is 14.8. The topological polar surface area (TPSA) is 94.4 Å². The van der Waals surface area contributed by atoms with Gasteiger partial charge in [-0.25, -0.2) is 0 Å². The summed E-state index contributed by atoms with van der Waals surface area (Å²) in [7, 11) is 4.45. The van der Waals surface area contributed by atoms with Gasteiger partial charge < -0.3 is 19.1 Å². The van der Waals surface area contributed by atoms with Crippen molar-refractivity contribution < 1.29 is 23.9 Å². The number of amides is 1. The Morgan fingerprint density at radius 3 is 2.29 bits per heavy atom. The van der Waals surface area contributed by atoms with Gasteiger partial charge in [-0.2, -0.15) is 0 Å². The summed E-state index contributed by atoms with van der Waals surface area (Å²) >= 11 is 5.45. The van der Waals surface area contributed by atoms with Crippen LogP contribution in [0.25, 0.3) is 6.08 Å². The van der Waals surface area contributed by atoms with Gasteiger partial charge in [-0.05, 0) is 55.5 Å². The first-order valence-corrected chi connectivity index (χ1v) is 9.70. The molecule has 1 saturated heterocycles. The predicted molar refractivity (Wildman–Crippen MR) is 120 cm³/mol. The van der Waals surface area contributed by atoms with Crippen LogP contribution >= 0.6 is 12.2 Å². The van der Waals surface area contributed by atoms with Crippen molar-refractivity contribution in [2.45, 2.75) is 6.92 Å². The Morgan fingerprint density at radius 1 is 1.13 bits per heavy atom. The fourth-order valence-corrected chi connectivity index (χ4v) is 3.43. The minimum absolute atomic E-state index is 0.189. The van der Waals surface area contributed by atoms with Gasteiger partial charge in [0.25, 0.3) is 11.6 Å². The third kappa shape index (κ3) is 4.15. The van der Waals surface area contributed by atoms with Crippen LogP contribution in [0.5, 0.6) is 17.2 Å². The van der Waals surface area contributed by atoms with Gasteiger partial charge in [-0.15, -0.1) is 0 Å². The predicted octanol–water partition coefficient (Wildman–Crippen LogP) is 3.62. The number of carbonyl (C=O) groups is 1. The smallest absolute Gasteiger partial charge is 0.281 e. The molecule has 0 radical (unpaired) electrons. The molecule has 2 aromatic carbocycles. The highest BCUT2D eigenvalue weighted by Gasteiger charge is 2.37. The number of nitrogens with zero attached hydrogens (tertiary/aromatic N) is 3. The number of ether oxygens (including phenoxy) is 3. The van der Waals surface area contributed by atoms with Gasteiger partial charge >= 0.3 is 0 Å². The van der Waals surface area contributed by atoms with Crippen LogP contribution in [0.4, 0.5) is 11.4 Å². The van der Waals surface area contributed by atoms with Gasteiger partial charge in [0, 0.05) is 7.05 Å². The molecule has 0 unspecified atom stereocenters. The molecule has 9 nitrogen and oxygen atoms in total. The Bertz CT molecular complexity index is 1070. The van der Waals surface area contributed by atoms with Crippen LogP contribution in [0, 0.1) is 10.1 Å². The molecule has 162 valence electrons. The van der Waals surface area contributed by atoms with Crippen molar-refractivity contribution in [2.75, 3.05) is 32.8 Å². The van der Waals surface area contributed by atoms with Crippen molar-refractivity contribution in [3.8, 4) is 17.2 Å². The molecule has 0 bridgehead atoms. The normalized spacial score (nSPS) is 14.9.